The standard InChI is InChI=1S/C18H20N2S2/c1-22-10-4-9-19-18(21)20-15-8-7-14-11-13-5-2-3-6-16(13)17(14)12-15/h2-3,5-8,12H,4,9-11H2,1H3,(H2,19,20,21). The monoisotopic (exact) mass is 328 g/mol. The molecule has 1 aliphatic rings. The molecule has 0 saturated carbocycles. The van der Waals surface area contributed by atoms with Gasteiger partial charge in [-0.2, -0.15) is 11.8 Å². The summed E-state index contributed by atoms with van der Waals surface area (Å²) in [6, 6.07) is 15.1. The minimum Gasteiger partial charge on any atom is -0.362 e. The molecular weight excluding hydrogens is 308 g/mol. The summed E-state index contributed by atoms with van der Waals surface area (Å²) >= 11 is 7.22. The van der Waals surface area contributed by atoms with Crippen molar-refractivity contribution in [2.45, 2.75) is 12.8 Å². The number of nitrogens with one attached hydrogen (secondary N) is 2. The van der Waals surface area contributed by atoms with Crippen molar-refractivity contribution >= 4 is 34.8 Å². The Morgan fingerprint density at radius 2 is 1.95 bits per heavy atom. The zero-order valence-corrected chi connectivity index (χ0v) is 14.3. The van der Waals surface area contributed by atoms with Crippen molar-refractivity contribution in [3.05, 3.63) is 53.6 Å². The molecule has 0 heterocycles. The highest BCUT2D eigenvalue weighted by Gasteiger charge is 2.17. The lowest BCUT2D eigenvalue weighted by Gasteiger charge is -2.11. The Morgan fingerprint density at radius 3 is 2.82 bits per heavy atom. The second-order valence-electron chi connectivity index (χ2n) is 5.43. The van der Waals surface area contributed by atoms with Crippen LogP contribution >= 0.6 is 24.0 Å². The van der Waals surface area contributed by atoms with Gasteiger partial charge < -0.3 is 10.6 Å². The van der Waals surface area contributed by atoms with Crippen LogP contribution in [0.4, 0.5) is 5.69 Å². The molecule has 0 aliphatic heterocycles. The van der Waals surface area contributed by atoms with Gasteiger partial charge in [0.2, 0.25) is 0 Å². The SMILES string of the molecule is CSCCCNC(=S)Nc1ccc2c(c1)-c1ccccc1C2. The van der Waals surface area contributed by atoms with Gasteiger partial charge in [0, 0.05) is 12.2 Å². The van der Waals surface area contributed by atoms with Gasteiger partial charge in [-0.1, -0.05) is 30.3 Å². The molecule has 0 atom stereocenters. The molecule has 0 fully saturated rings. The molecule has 0 amide bonds. The van der Waals surface area contributed by atoms with Crippen LogP contribution in [0.2, 0.25) is 0 Å². The van der Waals surface area contributed by atoms with Crippen molar-refractivity contribution in [3.8, 4) is 11.1 Å². The molecule has 0 aromatic heterocycles. The van der Waals surface area contributed by atoms with Crippen LogP contribution in [0.1, 0.15) is 17.5 Å². The summed E-state index contributed by atoms with van der Waals surface area (Å²) in [4.78, 5) is 0. The van der Waals surface area contributed by atoms with Crippen LogP contribution in [0.5, 0.6) is 0 Å². The number of anilines is 1. The Hall–Kier alpha value is -1.52. The molecule has 2 N–H and O–H groups in total. The molecule has 2 nitrogen and oxygen atoms in total. The predicted octanol–water partition coefficient (Wildman–Crippen LogP) is 4.30. The highest BCUT2D eigenvalue weighted by molar-refractivity contribution is 7.98. The average Bonchev–Trinajstić information content (AvgIpc) is 2.90. The number of hydrogen-bond acceptors (Lipinski definition) is 2. The number of fused-ring (bicyclic) bond motifs is 3. The van der Waals surface area contributed by atoms with Crippen molar-refractivity contribution in [3.63, 3.8) is 0 Å². The summed E-state index contributed by atoms with van der Waals surface area (Å²) in [5, 5.41) is 7.25. The van der Waals surface area contributed by atoms with Gasteiger partial charge in [0.1, 0.15) is 0 Å². The van der Waals surface area contributed by atoms with Crippen molar-refractivity contribution in [2.24, 2.45) is 0 Å². The van der Waals surface area contributed by atoms with Gasteiger partial charge in [0.05, 0.1) is 0 Å². The van der Waals surface area contributed by atoms with E-state index in [-0.39, 0.29) is 0 Å². The average molecular weight is 329 g/mol. The molecule has 2 aromatic rings. The van der Waals surface area contributed by atoms with E-state index in [0.29, 0.717) is 5.11 Å². The maximum Gasteiger partial charge on any atom is 0.170 e. The third-order valence-electron chi connectivity index (χ3n) is 3.87. The van der Waals surface area contributed by atoms with Gasteiger partial charge in [-0.25, -0.2) is 0 Å². The lowest BCUT2D eigenvalue weighted by Crippen LogP contribution is -2.29. The van der Waals surface area contributed by atoms with Crippen molar-refractivity contribution in [1.29, 1.82) is 0 Å². The largest absolute Gasteiger partial charge is 0.362 e. The first-order valence-corrected chi connectivity index (χ1v) is 9.33. The Kier molecular flexibility index (Phi) is 5.01. The van der Waals surface area contributed by atoms with E-state index in [4.69, 9.17) is 12.2 Å². The molecular formula is C18H20N2S2. The zero-order chi connectivity index (χ0) is 15.4. The molecule has 0 radical (unpaired) electrons. The van der Waals surface area contributed by atoms with Crippen molar-refractivity contribution in [2.75, 3.05) is 23.9 Å². The number of rotatable bonds is 5. The van der Waals surface area contributed by atoms with Gasteiger partial charge in [-0.3, -0.25) is 0 Å². The van der Waals surface area contributed by atoms with Crippen LogP contribution in [0.25, 0.3) is 11.1 Å². The Balaban J connectivity index is 1.67. The van der Waals surface area contributed by atoms with Crippen molar-refractivity contribution in [1.82, 2.24) is 5.32 Å². The minimum atomic E-state index is 0.701. The molecule has 0 bridgehead atoms. The fourth-order valence-electron chi connectivity index (χ4n) is 2.80. The molecule has 22 heavy (non-hydrogen) atoms. The number of thiocarbonyl (C=S) groups is 1. The van der Waals surface area contributed by atoms with E-state index in [9.17, 15) is 0 Å². The lowest BCUT2D eigenvalue weighted by molar-refractivity contribution is 0.855. The summed E-state index contributed by atoms with van der Waals surface area (Å²) in [6.45, 7) is 0.917. The van der Waals surface area contributed by atoms with E-state index in [1.807, 2.05) is 11.8 Å². The Morgan fingerprint density at radius 1 is 1.14 bits per heavy atom. The van der Waals surface area contributed by atoms with Crippen LogP contribution in [-0.4, -0.2) is 23.7 Å². The second-order valence-corrected chi connectivity index (χ2v) is 6.83. The first kappa shape index (κ1) is 15.4. The van der Waals surface area contributed by atoms with Crippen LogP contribution < -0.4 is 10.6 Å². The maximum absolute atomic E-state index is 5.36. The van der Waals surface area contributed by atoms with Crippen LogP contribution in [0, 0.1) is 0 Å². The number of thioether (sulfide) groups is 1. The highest BCUT2D eigenvalue weighted by atomic mass is 32.2. The van der Waals surface area contributed by atoms with Gasteiger partial charge in [0.15, 0.2) is 5.11 Å². The van der Waals surface area contributed by atoms with Crippen LogP contribution in [0.15, 0.2) is 42.5 Å². The summed E-state index contributed by atoms with van der Waals surface area (Å²) in [5.74, 6) is 1.16. The van der Waals surface area contributed by atoms with E-state index >= 15 is 0 Å². The third kappa shape index (κ3) is 3.45. The smallest absolute Gasteiger partial charge is 0.170 e. The van der Waals surface area contributed by atoms with E-state index in [1.54, 1.807) is 0 Å². The fourth-order valence-corrected chi connectivity index (χ4v) is 3.45. The Labute approximate surface area is 141 Å². The fraction of sp³-hybridized carbons (Fsp3) is 0.278. The molecule has 114 valence electrons. The molecule has 4 heteroatoms. The topological polar surface area (TPSA) is 24.1 Å². The van der Waals surface area contributed by atoms with Gasteiger partial charge in [-0.05, 0) is 71.5 Å². The van der Waals surface area contributed by atoms with Gasteiger partial charge >= 0.3 is 0 Å². The number of benzene rings is 2. The molecule has 3 rings (SSSR count). The first-order valence-electron chi connectivity index (χ1n) is 7.53. The first-order chi connectivity index (χ1) is 10.8. The molecule has 0 spiro atoms. The maximum atomic E-state index is 5.36. The van der Waals surface area contributed by atoms with Crippen molar-refractivity contribution < 1.29 is 0 Å². The van der Waals surface area contributed by atoms with Gasteiger partial charge in [0.25, 0.3) is 0 Å². The minimum absolute atomic E-state index is 0.701. The summed E-state index contributed by atoms with van der Waals surface area (Å²) < 4.78 is 0. The summed E-state index contributed by atoms with van der Waals surface area (Å²) in [5.41, 5.74) is 6.53. The molecule has 1 aliphatic carbocycles. The van der Waals surface area contributed by atoms with E-state index in [1.165, 1.54) is 22.3 Å². The zero-order valence-electron chi connectivity index (χ0n) is 12.7. The third-order valence-corrected chi connectivity index (χ3v) is 4.81. The summed E-state index contributed by atoms with van der Waals surface area (Å²) in [7, 11) is 0. The van der Waals surface area contributed by atoms with E-state index in [2.05, 4.69) is 59.4 Å². The summed E-state index contributed by atoms with van der Waals surface area (Å²) in [6.07, 6.45) is 4.28. The lowest BCUT2D eigenvalue weighted by atomic mass is 10.1. The highest BCUT2D eigenvalue weighted by Crippen LogP contribution is 2.37. The van der Waals surface area contributed by atoms with E-state index < -0.39 is 0 Å². The van der Waals surface area contributed by atoms with Crippen LogP contribution in [-0.2, 0) is 6.42 Å². The molecule has 0 saturated heterocycles. The Bertz CT molecular complexity index is 683. The predicted molar refractivity (Wildman–Crippen MR) is 102 cm³/mol. The molecule has 2 aromatic carbocycles. The quantitative estimate of drug-likeness (QED) is 0.539. The molecule has 0 unspecified atom stereocenters. The normalized spacial score (nSPS) is 11.7. The number of hydrogen-bond donors (Lipinski definition) is 2. The van der Waals surface area contributed by atoms with E-state index in [0.717, 1.165) is 30.8 Å². The van der Waals surface area contributed by atoms with Crippen LogP contribution in [0.3, 0.4) is 0 Å². The second kappa shape index (κ2) is 7.16. The van der Waals surface area contributed by atoms with Gasteiger partial charge in [-0.15, -0.1) is 0 Å².